The number of ether oxygens (including phenoxy) is 1. The minimum absolute atomic E-state index is 0.525. The highest BCUT2D eigenvalue weighted by Crippen LogP contribution is 2.16. The van der Waals surface area contributed by atoms with E-state index in [2.05, 4.69) is 15.2 Å². The molecule has 0 amide bonds. The molecule has 0 aliphatic carbocycles. The molecule has 7 heteroatoms. The molecule has 0 spiro atoms. The van der Waals surface area contributed by atoms with E-state index in [0.29, 0.717) is 12.4 Å². The van der Waals surface area contributed by atoms with Gasteiger partial charge in [-0.3, -0.25) is 5.10 Å². The summed E-state index contributed by atoms with van der Waals surface area (Å²) in [6, 6.07) is 7.26. The normalized spacial score (nSPS) is 10.8. The third-order valence-corrected chi connectivity index (χ3v) is 3.10. The van der Waals surface area contributed by atoms with Gasteiger partial charge in [-0.25, -0.2) is 9.78 Å². The Labute approximate surface area is 119 Å². The lowest BCUT2D eigenvalue weighted by Crippen LogP contribution is -2.00. The minimum Gasteiger partial charge on any atom is -0.493 e. The number of carbonyl (C=O) groups is 1. The summed E-state index contributed by atoms with van der Waals surface area (Å²) in [6.45, 7) is 0.525. The molecule has 0 aliphatic rings. The summed E-state index contributed by atoms with van der Waals surface area (Å²) < 4.78 is 5.59. The molecule has 6 nitrogen and oxygen atoms in total. The van der Waals surface area contributed by atoms with E-state index in [1.165, 1.54) is 24.2 Å². The molecular weight excluding hydrogens is 278 g/mol. The molecule has 20 heavy (non-hydrogen) atoms. The second kappa shape index (κ2) is 7.34. The summed E-state index contributed by atoms with van der Waals surface area (Å²) in [7, 11) is 0. The summed E-state index contributed by atoms with van der Waals surface area (Å²) in [4.78, 5) is 14.4. The van der Waals surface area contributed by atoms with Gasteiger partial charge in [-0.05, 0) is 23.8 Å². The molecule has 104 valence electrons. The molecule has 2 N–H and O–H groups in total. The summed E-state index contributed by atoms with van der Waals surface area (Å²) in [5, 5.41) is 15.8. The standard InChI is InChI=1S/C13H13N3O3S/c17-12(18)5-4-10-2-1-3-11(8-10)19-6-7-20-13-14-9-15-16-13/h1-5,8-9H,6-7H2,(H,17,18)(H,14,15,16). The Morgan fingerprint density at radius 2 is 2.40 bits per heavy atom. The van der Waals surface area contributed by atoms with Crippen LogP contribution >= 0.6 is 11.8 Å². The van der Waals surface area contributed by atoms with Gasteiger partial charge in [0, 0.05) is 11.8 Å². The third-order valence-electron chi connectivity index (χ3n) is 2.26. The van der Waals surface area contributed by atoms with Crippen molar-refractivity contribution in [1.82, 2.24) is 15.2 Å². The zero-order chi connectivity index (χ0) is 14.2. The molecule has 2 rings (SSSR count). The Kier molecular flexibility index (Phi) is 5.19. The Bertz CT molecular complexity index is 584. The Hall–Kier alpha value is -2.28. The number of thioether (sulfide) groups is 1. The van der Waals surface area contributed by atoms with Crippen molar-refractivity contribution < 1.29 is 14.6 Å². The fourth-order valence-corrected chi connectivity index (χ4v) is 2.04. The zero-order valence-electron chi connectivity index (χ0n) is 10.5. The Morgan fingerprint density at radius 1 is 1.50 bits per heavy atom. The van der Waals surface area contributed by atoms with E-state index < -0.39 is 5.97 Å². The predicted molar refractivity (Wildman–Crippen MR) is 75.7 cm³/mol. The summed E-state index contributed by atoms with van der Waals surface area (Å²) in [5.74, 6) is 0.472. The number of hydrogen-bond acceptors (Lipinski definition) is 5. The number of H-pyrrole nitrogens is 1. The van der Waals surface area contributed by atoms with E-state index in [-0.39, 0.29) is 0 Å². The van der Waals surface area contributed by atoms with Crippen LogP contribution in [-0.4, -0.2) is 38.6 Å². The highest BCUT2D eigenvalue weighted by molar-refractivity contribution is 7.99. The molecule has 0 aliphatic heterocycles. The number of rotatable bonds is 7. The number of benzene rings is 1. The van der Waals surface area contributed by atoms with E-state index in [9.17, 15) is 4.79 Å². The van der Waals surface area contributed by atoms with Crippen molar-refractivity contribution in [1.29, 1.82) is 0 Å². The van der Waals surface area contributed by atoms with Crippen molar-refractivity contribution in [2.24, 2.45) is 0 Å². The molecule has 2 aromatic rings. The van der Waals surface area contributed by atoms with Gasteiger partial charge in [0.1, 0.15) is 12.1 Å². The third kappa shape index (κ3) is 4.77. The van der Waals surface area contributed by atoms with Gasteiger partial charge < -0.3 is 9.84 Å². The predicted octanol–water partition coefficient (Wildman–Crippen LogP) is 2.07. The van der Waals surface area contributed by atoms with Crippen LogP contribution < -0.4 is 4.74 Å². The molecule has 0 saturated carbocycles. The largest absolute Gasteiger partial charge is 0.493 e. The molecule has 0 bridgehead atoms. The number of carboxylic acid groups (broad SMARTS) is 1. The van der Waals surface area contributed by atoms with E-state index >= 15 is 0 Å². The first-order valence-corrected chi connectivity index (χ1v) is 6.84. The Balaban J connectivity index is 1.80. The van der Waals surface area contributed by atoms with Gasteiger partial charge in [-0.2, -0.15) is 5.10 Å². The lowest BCUT2D eigenvalue weighted by atomic mass is 10.2. The highest BCUT2D eigenvalue weighted by atomic mass is 32.2. The quantitative estimate of drug-likeness (QED) is 0.461. The molecule has 0 fully saturated rings. The Morgan fingerprint density at radius 3 is 3.15 bits per heavy atom. The molecule has 0 saturated heterocycles. The van der Waals surface area contributed by atoms with E-state index in [1.807, 2.05) is 18.2 Å². The van der Waals surface area contributed by atoms with Crippen LogP contribution in [0.1, 0.15) is 5.56 Å². The molecule has 1 aromatic carbocycles. The van der Waals surface area contributed by atoms with Crippen LogP contribution in [0.4, 0.5) is 0 Å². The van der Waals surface area contributed by atoms with Crippen molar-refractivity contribution in [3.63, 3.8) is 0 Å². The minimum atomic E-state index is -0.972. The van der Waals surface area contributed by atoms with Crippen LogP contribution in [0.25, 0.3) is 6.08 Å². The van der Waals surface area contributed by atoms with E-state index in [4.69, 9.17) is 9.84 Å². The van der Waals surface area contributed by atoms with Gasteiger partial charge >= 0.3 is 5.97 Å². The average Bonchev–Trinajstić information content (AvgIpc) is 2.95. The lowest BCUT2D eigenvalue weighted by Gasteiger charge is -2.05. The first kappa shape index (κ1) is 14.1. The topological polar surface area (TPSA) is 88.1 Å². The molecule has 0 unspecified atom stereocenters. The van der Waals surface area contributed by atoms with Gasteiger partial charge in [0.15, 0.2) is 5.16 Å². The first-order valence-electron chi connectivity index (χ1n) is 5.86. The smallest absolute Gasteiger partial charge is 0.328 e. The summed E-state index contributed by atoms with van der Waals surface area (Å²) >= 11 is 1.52. The number of aromatic nitrogens is 3. The zero-order valence-corrected chi connectivity index (χ0v) is 11.3. The van der Waals surface area contributed by atoms with Crippen molar-refractivity contribution in [2.75, 3.05) is 12.4 Å². The van der Waals surface area contributed by atoms with Gasteiger partial charge in [0.05, 0.1) is 6.61 Å². The number of aliphatic carboxylic acids is 1. The van der Waals surface area contributed by atoms with Crippen molar-refractivity contribution >= 4 is 23.8 Å². The number of aromatic amines is 1. The first-order chi connectivity index (χ1) is 9.74. The van der Waals surface area contributed by atoms with Crippen LogP contribution in [-0.2, 0) is 4.79 Å². The summed E-state index contributed by atoms with van der Waals surface area (Å²) in [6.07, 6.45) is 4.08. The molecule has 1 heterocycles. The fourth-order valence-electron chi connectivity index (χ4n) is 1.44. The average molecular weight is 291 g/mol. The van der Waals surface area contributed by atoms with Gasteiger partial charge in [-0.15, -0.1) is 0 Å². The number of hydrogen-bond donors (Lipinski definition) is 2. The SMILES string of the molecule is O=C(O)C=Cc1cccc(OCCSc2ncn[nH]2)c1. The number of nitrogens with one attached hydrogen (secondary N) is 1. The van der Waals surface area contributed by atoms with Crippen molar-refractivity contribution in [2.45, 2.75) is 5.16 Å². The van der Waals surface area contributed by atoms with Gasteiger partial charge in [0.2, 0.25) is 0 Å². The maximum absolute atomic E-state index is 10.4. The monoisotopic (exact) mass is 291 g/mol. The molecule has 1 aromatic heterocycles. The fraction of sp³-hybridized carbons (Fsp3) is 0.154. The van der Waals surface area contributed by atoms with Crippen LogP contribution in [0.5, 0.6) is 5.75 Å². The van der Waals surface area contributed by atoms with E-state index in [1.54, 1.807) is 6.07 Å². The molecule has 0 atom stereocenters. The van der Waals surface area contributed by atoms with Crippen LogP contribution in [0.2, 0.25) is 0 Å². The second-order valence-electron chi connectivity index (χ2n) is 3.73. The van der Waals surface area contributed by atoms with Crippen LogP contribution in [0.3, 0.4) is 0 Å². The maximum Gasteiger partial charge on any atom is 0.328 e. The second-order valence-corrected chi connectivity index (χ2v) is 4.82. The van der Waals surface area contributed by atoms with E-state index in [0.717, 1.165) is 22.5 Å². The van der Waals surface area contributed by atoms with Crippen molar-refractivity contribution in [3.8, 4) is 5.75 Å². The summed E-state index contributed by atoms with van der Waals surface area (Å²) in [5.41, 5.74) is 0.785. The molecule has 0 radical (unpaired) electrons. The molecular formula is C13H13N3O3S. The van der Waals surface area contributed by atoms with Crippen molar-refractivity contribution in [3.05, 3.63) is 42.2 Å². The van der Waals surface area contributed by atoms with Gasteiger partial charge in [-0.1, -0.05) is 23.9 Å². The number of nitrogens with zero attached hydrogens (tertiary/aromatic N) is 2. The van der Waals surface area contributed by atoms with Crippen LogP contribution in [0, 0.1) is 0 Å². The highest BCUT2D eigenvalue weighted by Gasteiger charge is 1.98. The number of carboxylic acids is 1. The lowest BCUT2D eigenvalue weighted by molar-refractivity contribution is -0.131. The maximum atomic E-state index is 10.4. The van der Waals surface area contributed by atoms with Crippen LogP contribution in [0.15, 0.2) is 41.8 Å². The van der Waals surface area contributed by atoms with Gasteiger partial charge in [0.25, 0.3) is 0 Å².